The van der Waals surface area contributed by atoms with E-state index in [4.69, 9.17) is 10.5 Å². The van der Waals surface area contributed by atoms with Crippen molar-refractivity contribution in [3.63, 3.8) is 0 Å². The van der Waals surface area contributed by atoms with Crippen LogP contribution in [-0.4, -0.2) is 18.6 Å². The molecule has 2 N–H and O–H groups in total. The summed E-state index contributed by atoms with van der Waals surface area (Å²) in [5.74, 6) is 1.21. The Morgan fingerprint density at radius 3 is 2.81 bits per heavy atom. The van der Waals surface area contributed by atoms with Crippen molar-refractivity contribution in [2.24, 2.45) is 17.1 Å². The van der Waals surface area contributed by atoms with Crippen LogP contribution in [-0.2, 0) is 6.42 Å². The number of ether oxygens (including phenoxy) is 1. The van der Waals surface area contributed by atoms with Gasteiger partial charge in [-0.3, -0.25) is 10.1 Å². The van der Waals surface area contributed by atoms with Crippen molar-refractivity contribution in [1.29, 1.82) is 0 Å². The molecule has 1 fully saturated rings. The molecule has 1 aliphatic carbocycles. The van der Waals surface area contributed by atoms with E-state index in [2.05, 4.69) is 6.92 Å². The van der Waals surface area contributed by atoms with Gasteiger partial charge in [-0.2, -0.15) is 0 Å². The number of methoxy groups -OCH3 is 1. The van der Waals surface area contributed by atoms with Crippen LogP contribution in [0.15, 0.2) is 18.2 Å². The predicted molar refractivity (Wildman–Crippen MR) is 82.5 cm³/mol. The van der Waals surface area contributed by atoms with E-state index in [-0.39, 0.29) is 16.0 Å². The molecule has 2 unspecified atom stereocenters. The third kappa shape index (κ3) is 3.73. The van der Waals surface area contributed by atoms with Crippen LogP contribution >= 0.6 is 0 Å². The number of benzene rings is 1. The average molecular weight is 292 g/mol. The number of nitro groups is 1. The Bertz CT molecular complexity index is 518. The minimum absolute atomic E-state index is 0.0674. The van der Waals surface area contributed by atoms with Gasteiger partial charge in [0, 0.05) is 6.07 Å². The quantitative estimate of drug-likeness (QED) is 0.667. The monoisotopic (exact) mass is 292 g/mol. The smallest absolute Gasteiger partial charge is 0.273 e. The lowest BCUT2D eigenvalue weighted by molar-refractivity contribution is -0.385. The number of hydrogen-bond acceptors (Lipinski definition) is 4. The molecular formula is C16H24N2O3. The molecule has 1 saturated carbocycles. The molecule has 2 atom stereocenters. The van der Waals surface area contributed by atoms with Crippen LogP contribution in [0, 0.1) is 21.4 Å². The van der Waals surface area contributed by atoms with Gasteiger partial charge in [-0.25, -0.2) is 0 Å². The second kappa shape index (κ2) is 6.43. The zero-order valence-corrected chi connectivity index (χ0v) is 12.8. The highest BCUT2D eigenvalue weighted by Crippen LogP contribution is 2.41. The van der Waals surface area contributed by atoms with Crippen molar-refractivity contribution in [3.05, 3.63) is 33.9 Å². The molecule has 0 radical (unpaired) electrons. The number of rotatable bonds is 5. The van der Waals surface area contributed by atoms with Gasteiger partial charge in [0.15, 0.2) is 0 Å². The van der Waals surface area contributed by atoms with Crippen molar-refractivity contribution in [2.45, 2.75) is 39.0 Å². The summed E-state index contributed by atoms with van der Waals surface area (Å²) in [6.45, 7) is 2.89. The average Bonchev–Trinajstić information content (AvgIpc) is 2.46. The molecule has 5 nitrogen and oxygen atoms in total. The summed E-state index contributed by atoms with van der Waals surface area (Å²) in [4.78, 5) is 10.7. The molecular weight excluding hydrogens is 268 g/mol. The van der Waals surface area contributed by atoms with E-state index in [1.807, 2.05) is 6.07 Å². The van der Waals surface area contributed by atoms with Crippen LogP contribution in [0.2, 0.25) is 0 Å². The molecule has 0 amide bonds. The summed E-state index contributed by atoms with van der Waals surface area (Å²) >= 11 is 0. The fourth-order valence-corrected chi connectivity index (χ4v) is 3.59. The minimum atomic E-state index is -0.370. The number of nitro benzene ring substituents is 1. The molecule has 0 aliphatic heterocycles. The number of nitrogens with two attached hydrogens (primary N) is 1. The Labute approximate surface area is 125 Å². The first kappa shape index (κ1) is 15.8. The molecule has 1 aliphatic rings. The van der Waals surface area contributed by atoms with E-state index in [1.165, 1.54) is 26.0 Å². The molecule has 116 valence electrons. The van der Waals surface area contributed by atoms with E-state index in [0.29, 0.717) is 18.2 Å². The summed E-state index contributed by atoms with van der Waals surface area (Å²) in [5, 5.41) is 11.0. The van der Waals surface area contributed by atoms with Gasteiger partial charge in [0.25, 0.3) is 5.69 Å². The Hall–Kier alpha value is -1.62. The Kier molecular flexibility index (Phi) is 4.83. The van der Waals surface area contributed by atoms with Crippen molar-refractivity contribution in [3.8, 4) is 5.75 Å². The largest absolute Gasteiger partial charge is 0.496 e. The molecule has 1 aromatic rings. The van der Waals surface area contributed by atoms with Crippen molar-refractivity contribution >= 4 is 5.69 Å². The summed E-state index contributed by atoms with van der Waals surface area (Å²) < 4.78 is 5.19. The van der Waals surface area contributed by atoms with Gasteiger partial charge in [-0.15, -0.1) is 0 Å². The number of non-ortho nitro benzene ring substituents is 1. The first-order valence-corrected chi connectivity index (χ1v) is 7.50. The first-order chi connectivity index (χ1) is 9.98. The van der Waals surface area contributed by atoms with Crippen LogP contribution in [0.1, 0.15) is 38.2 Å². The van der Waals surface area contributed by atoms with Gasteiger partial charge in [0.2, 0.25) is 0 Å². The van der Waals surface area contributed by atoms with Crippen LogP contribution < -0.4 is 10.5 Å². The van der Waals surface area contributed by atoms with E-state index in [0.717, 1.165) is 24.8 Å². The van der Waals surface area contributed by atoms with E-state index in [1.54, 1.807) is 6.07 Å². The summed E-state index contributed by atoms with van der Waals surface area (Å²) in [6.07, 6.45) is 5.41. The van der Waals surface area contributed by atoms with Gasteiger partial charge in [0.1, 0.15) is 5.75 Å². The molecule has 0 bridgehead atoms. The van der Waals surface area contributed by atoms with E-state index < -0.39 is 0 Å². The van der Waals surface area contributed by atoms with Gasteiger partial charge >= 0.3 is 0 Å². The summed E-state index contributed by atoms with van der Waals surface area (Å²) in [6, 6.07) is 5.00. The molecule has 5 heteroatoms. The second-order valence-corrected chi connectivity index (χ2v) is 6.38. The normalized spacial score (nSPS) is 25.6. The SMILES string of the molecule is COc1cc(CC2(CN)CCCC(C)C2)cc([N+](=O)[O-])c1. The van der Waals surface area contributed by atoms with Crippen molar-refractivity contribution in [1.82, 2.24) is 0 Å². The van der Waals surface area contributed by atoms with Crippen LogP contribution in [0.4, 0.5) is 5.69 Å². The van der Waals surface area contributed by atoms with Crippen molar-refractivity contribution < 1.29 is 9.66 Å². The number of hydrogen-bond donors (Lipinski definition) is 1. The van der Waals surface area contributed by atoms with Crippen LogP contribution in [0.25, 0.3) is 0 Å². The maximum Gasteiger partial charge on any atom is 0.273 e. The maximum atomic E-state index is 11.0. The highest BCUT2D eigenvalue weighted by Gasteiger charge is 2.34. The summed E-state index contributed by atoms with van der Waals surface area (Å²) in [7, 11) is 1.53. The maximum absolute atomic E-state index is 11.0. The van der Waals surface area contributed by atoms with Gasteiger partial charge in [0.05, 0.1) is 18.1 Å². The van der Waals surface area contributed by atoms with Crippen LogP contribution in [0.5, 0.6) is 5.75 Å². The van der Waals surface area contributed by atoms with Gasteiger partial charge in [-0.05, 0) is 48.8 Å². The molecule has 1 aromatic carbocycles. The molecule has 0 spiro atoms. The first-order valence-electron chi connectivity index (χ1n) is 7.50. The van der Waals surface area contributed by atoms with E-state index >= 15 is 0 Å². The second-order valence-electron chi connectivity index (χ2n) is 6.38. The molecule has 2 rings (SSSR count). The highest BCUT2D eigenvalue weighted by molar-refractivity contribution is 5.43. The van der Waals surface area contributed by atoms with Gasteiger partial charge in [-0.1, -0.05) is 19.8 Å². The molecule has 21 heavy (non-hydrogen) atoms. The van der Waals surface area contributed by atoms with E-state index in [9.17, 15) is 10.1 Å². The lowest BCUT2D eigenvalue weighted by Crippen LogP contribution is -2.37. The lowest BCUT2D eigenvalue weighted by atomic mass is 9.67. The third-order valence-corrected chi connectivity index (χ3v) is 4.60. The fourth-order valence-electron chi connectivity index (χ4n) is 3.59. The van der Waals surface area contributed by atoms with Gasteiger partial charge < -0.3 is 10.5 Å². The predicted octanol–water partition coefficient (Wildman–Crippen LogP) is 3.30. The highest BCUT2D eigenvalue weighted by atomic mass is 16.6. The topological polar surface area (TPSA) is 78.4 Å². The standard InChI is InChI=1S/C16H24N2O3/c1-12-4-3-5-16(9-12,11-17)10-13-6-14(18(19)20)8-15(7-13)21-2/h6-8,12H,3-5,9-11,17H2,1-2H3. The van der Waals surface area contributed by atoms with Crippen molar-refractivity contribution in [2.75, 3.05) is 13.7 Å². The molecule has 0 heterocycles. The molecule has 0 aromatic heterocycles. The zero-order valence-electron chi connectivity index (χ0n) is 12.8. The summed E-state index contributed by atoms with van der Waals surface area (Å²) in [5.41, 5.74) is 7.15. The minimum Gasteiger partial charge on any atom is -0.496 e. The van der Waals surface area contributed by atoms with Crippen LogP contribution in [0.3, 0.4) is 0 Å². The third-order valence-electron chi connectivity index (χ3n) is 4.60. The lowest BCUT2D eigenvalue weighted by Gasteiger charge is -2.39. The Balaban J connectivity index is 2.28. The number of nitrogens with zero attached hydrogens (tertiary/aromatic N) is 1. The Morgan fingerprint density at radius 1 is 1.48 bits per heavy atom. The zero-order chi connectivity index (χ0) is 15.5. The Morgan fingerprint density at radius 2 is 2.24 bits per heavy atom. The molecule has 0 saturated heterocycles. The fraction of sp³-hybridized carbons (Fsp3) is 0.625.